The Morgan fingerprint density at radius 3 is 2.62 bits per heavy atom. The minimum atomic E-state index is 0.183. The minimum absolute atomic E-state index is 0.183. The number of carbonyl (C=O) groups excluding carboxylic acids is 1. The third kappa shape index (κ3) is 3.98. The molecule has 26 heavy (non-hydrogen) atoms. The van der Waals surface area contributed by atoms with Gasteiger partial charge in [-0.15, -0.1) is 10.2 Å². The number of fused-ring (bicyclic) bond motifs is 1. The highest BCUT2D eigenvalue weighted by atomic mass is 16.7. The van der Waals surface area contributed by atoms with Crippen LogP contribution in [0.5, 0.6) is 11.5 Å². The predicted octanol–water partition coefficient (Wildman–Crippen LogP) is 2.72. The first kappa shape index (κ1) is 16.9. The van der Waals surface area contributed by atoms with Gasteiger partial charge in [-0.2, -0.15) is 0 Å². The average molecular weight is 357 g/mol. The molecule has 1 amide bonds. The molecule has 0 radical (unpaired) electrons. The van der Waals surface area contributed by atoms with Gasteiger partial charge < -0.3 is 18.8 Å². The van der Waals surface area contributed by atoms with Crippen molar-refractivity contribution in [3.05, 3.63) is 35.5 Å². The van der Waals surface area contributed by atoms with Crippen LogP contribution in [-0.2, 0) is 17.6 Å². The van der Waals surface area contributed by atoms with E-state index in [1.165, 1.54) is 12.8 Å². The van der Waals surface area contributed by atoms with Crippen molar-refractivity contribution >= 4 is 5.91 Å². The summed E-state index contributed by atoms with van der Waals surface area (Å²) >= 11 is 0. The lowest BCUT2D eigenvalue weighted by Gasteiger charge is -2.19. The molecule has 2 aliphatic heterocycles. The molecule has 138 valence electrons. The van der Waals surface area contributed by atoms with Crippen molar-refractivity contribution in [2.24, 2.45) is 0 Å². The van der Waals surface area contributed by atoms with Gasteiger partial charge in [0.2, 0.25) is 24.5 Å². The Morgan fingerprint density at radius 1 is 1.00 bits per heavy atom. The normalized spacial score (nSPS) is 16.5. The van der Waals surface area contributed by atoms with Gasteiger partial charge in [-0.05, 0) is 30.5 Å². The molecule has 1 aromatic carbocycles. The van der Waals surface area contributed by atoms with Gasteiger partial charge in [0, 0.05) is 25.9 Å². The van der Waals surface area contributed by atoms with E-state index in [4.69, 9.17) is 13.9 Å². The zero-order chi connectivity index (χ0) is 17.8. The molecule has 0 saturated carbocycles. The zero-order valence-electron chi connectivity index (χ0n) is 14.8. The topological polar surface area (TPSA) is 77.7 Å². The van der Waals surface area contributed by atoms with Crippen LogP contribution in [0, 0.1) is 0 Å². The van der Waals surface area contributed by atoms with Crippen LogP contribution in [0.15, 0.2) is 22.6 Å². The van der Waals surface area contributed by atoms with E-state index < -0.39 is 0 Å². The molecule has 2 aliphatic rings. The Kier molecular flexibility index (Phi) is 5.04. The molecule has 1 aromatic heterocycles. The fourth-order valence-corrected chi connectivity index (χ4v) is 3.38. The maximum atomic E-state index is 12.3. The summed E-state index contributed by atoms with van der Waals surface area (Å²) in [5, 5.41) is 8.17. The molecular formula is C19H23N3O4. The molecule has 1 saturated heterocycles. The van der Waals surface area contributed by atoms with Crippen molar-refractivity contribution in [1.82, 2.24) is 15.1 Å². The molecule has 7 heteroatoms. The Bertz CT molecular complexity index is 766. The number of rotatable bonds is 5. The van der Waals surface area contributed by atoms with E-state index in [2.05, 4.69) is 10.2 Å². The van der Waals surface area contributed by atoms with E-state index in [9.17, 15) is 4.79 Å². The number of aryl methyl sites for hydroxylation is 1. The Morgan fingerprint density at radius 2 is 1.77 bits per heavy atom. The van der Waals surface area contributed by atoms with Gasteiger partial charge >= 0.3 is 0 Å². The van der Waals surface area contributed by atoms with Gasteiger partial charge in [0.15, 0.2) is 11.5 Å². The summed E-state index contributed by atoms with van der Waals surface area (Å²) < 4.78 is 16.4. The first-order valence-electron chi connectivity index (χ1n) is 9.25. The molecule has 0 unspecified atom stereocenters. The van der Waals surface area contributed by atoms with Gasteiger partial charge in [-0.25, -0.2) is 0 Å². The van der Waals surface area contributed by atoms with Crippen LogP contribution in [0.1, 0.15) is 49.4 Å². The van der Waals surface area contributed by atoms with Crippen LogP contribution in [0.4, 0.5) is 0 Å². The van der Waals surface area contributed by atoms with Gasteiger partial charge in [-0.3, -0.25) is 4.79 Å². The largest absolute Gasteiger partial charge is 0.454 e. The number of aromatic nitrogens is 2. The smallest absolute Gasteiger partial charge is 0.231 e. The van der Waals surface area contributed by atoms with E-state index in [0.29, 0.717) is 31.0 Å². The molecule has 0 N–H and O–H groups in total. The summed E-state index contributed by atoms with van der Waals surface area (Å²) in [5.41, 5.74) is 1.02. The van der Waals surface area contributed by atoms with Crippen LogP contribution < -0.4 is 9.47 Å². The Balaban J connectivity index is 1.31. The van der Waals surface area contributed by atoms with Crippen molar-refractivity contribution in [3.8, 4) is 11.5 Å². The van der Waals surface area contributed by atoms with Gasteiger partial charge in [0.25, 0.3) is 0 Å². The number of carbonyl (C=O) groups is 1. The van der Waals surface area contributed by atoms with Crippen molar-refractivity contribution in [2.45, 2.75) is 44.9 Å². The monoisotopic (exact) mass is 357 g/mol. The van der Waals surface area contributed by atoms with E-state index in [1.54, 1.807) is 0 Å². The minimum Gasteiger partial charge on any atom is -0.454 e. The quantitative estimate of drug-likeness (QED) is 0.819. The molecule has 0 atom stereocenters. The molecule has 4 rings (SSSR count). The van der Waals surface area contributed by atoms with E-state index >= 15 is 0 Å². The number of hydrogen-bond acceptors (Lipinski definition) is 6. The summed E-state index contributed by atoms with van der Waals surface area (Å²) in [6.45, 7) is 2.00. The van der Waals surface area contributed by atoms with Crippen molar-refractivity contribution in [2.75, 3.05) is 19.9 Å². The number of ether oxygens (including phenoxy) is 2. The average Bonchev–Trinajstić information content (AvgIpc) is 3.21. The molecule has 0 aliphatic carbocycles. The molecular weight excluding hydrogens is 334 g/mol. The van der Waals surface area contributed by atoms with E-state index in [-0.39, 0.29) is 12.7 Å². The summed E-state index contributed by atoms with van der Waals surface area (Å²) in [6.07, 6.45) is 6.09. The lowest BCUT2D eigenvalue weighted by molar-refractivity contribution is -0.131. The number of benzene rings is 1. The molecule has 7 nitrogen and oxygen atoms in total. The molecule has 3 heterocycles. The van der Waals surface area contributed by atoms with Crippen LogP contribution in [0.2, 0.25) is 0 Å². The maximum Gasteiger partial charge on any atom is 0.231 e. The van der Waals surface area contributed by atoms with Crippen molar-refractivity contribution < 1.29 is 18.7 Å². The fourth-order valence-electron chi connectivity index (χ4n) is 3.38. The molecule has 2 aromatic rings. The highest BCUT2D eigenvalue weighted by Crippen LogP contribution is 2.33. The standard InChI is InChI=1S/C19H23N3O4/c23-19(22-9-3-1-2-4-10-22)8-7-17-20-21-18(26-17)12-14-5-6-15-16(11-14)25-13-24-15/h5-6,11H,1-4,7-10,12-13H2. The molecule has 1 fully saturated rings. The second-order valence-electron chi connectivity index (χ2n) is 6.75. The maximum absolute atomic E-state index is 12.3. The summed E-state index contributed by atoms with van der Waals surface area (Å²) in [4.78, 5) is 14.3. The van der Waals surface area contributed by atoms with E-state index in [1.807, 2.05) is 23.1 Å². The molecule has 0 bridgehead atoms. The second-order valence-corrected chi connectivity index (χ2v) is 6.75. The summed E-state index contributed by atoms with van der Waals surface area (Å²) in [7, 11) is 0. The van der Waals surface area contributed by atoms with E-state index in [0.717, 1.165) is 43.0 Å². The number of nitrogens with zero attached hydrogens (tertiary/aromatic N) is 3. The third-order valence-electron chi connectivity index (χ3n) is 4.81. The first-order chi connectivity index (χ1) is 12.8. The molecule has 0 spiro atoms. The zero-order valence-corrected chi connectivity index (χ0v) is 14.8. The second kappa shape index (κ2) is 7.76. The van der Waals surface area contributed by atoms with Gasteiger partial charge in [-0.1, -0.05) is 18.9 Å². The Labute approximate surface area is 152 Å². The number of likely N-dealkylation sites (tertiary alicyclic amines) is 1. The van der Waals surface area contributed by atoms with Gasteiger partial charge in [0.1, 0.15) is 0 Å². The summed E-state index contributed by atoms with van der Waals surface area (Å²) in [5.74, 6) is 2.74. The lowest BCUT2D eigenvalue weighted by Crippen LogP contribution is -2.31. The first-order valence-corrected chi connectivity index (χ1v) is 9.25. The predicted molar refractivity (Wildman–Crippen MR) is 93.0 cm³/mol. The number of amides is 1. The van der Waals surface area contributed by atoms with Crippen LogP contribution >= 0.6 is 0 Å². The van der Waals surface area contributed by atoms with Gasteiger partial charge in [0.05, 0.1) is 6.42 Å². The SMILES string of the molecule is O=C(CCc1nnc(Cc2ccc3c(c2)OCO3)o1)N1CCCCCC1. The van der Waals surface area contributed by atoms with Crippen LogP contribution in [-0.4, -0.2) is 40.9 Å². The van der Waals surface area contributed by atoms with Crippen molar-refractivity contribution in [1.29, 1.82) is 0 Å². The fraction of sp³-hybridized carbons (Fsp3) is 0.526. The Hall–Kier alpha value is -2.57. The highest BCUT2D eigenvalue weighted by Gasteiger charge is 2.18. The van der Waals surface area contributed by atoms with Crippen LogP contribution in [0.3, 0.4) is 0 Å². The highest BCUT2D eigenvalue weighted by molar-refractivity contribution is 5.76. The van der Waals surface area contributed by atoms with Crippen LogP contribution in [0.25, 0.3) is 0 Å². The number of hydrogen-bond donors (Lipinski definition) is 0. The third-order valence-corrected chi connectivity index (χ3v) is 4.81. The lowest BCUT2D eigenvalue weighted by atomic mass is 10.1. The van der Waals surface area contributed by atoms with Crippen molar-refractivity contribution in [3.63, 3.8) is 0 Å². The summed E-state index contributed by atoms with van der Waals surface area (Å²) in [6, 6.07) is 5.77.